The molecule has 1 amide bonds. The van der Waals surface area contributed by atoms with E-state index >= 15 is 0 Å². The Bertz CT molecular complexity index is 211. The van der Waals surface area contributed by atoms with Crippen molar-refractivity contribution in [2.45, 2.75) is 26.0 Å². The summed E-state index contributed by atoms with van der Waals surface area (Å²) in [6.07, 6.45) is 0. The molecule has 0 saturated carbocycles. The van der Waals surface area contributed by atoms with E-state index in [1.54, 1.807) is 0 Å². The normalized spacial score (nSPS) is 20.7. The van der Waals surface area contributed by atoms with Crippen molar-refractivity contribution in [3.8, 4) is 0 Å². The summed E-state index contributed by atoms with van der Waals surface area (Å²) in [7, 11) is 0. The van der Waals surface area contributed by atoms with Gasteiger partial charge in [-0.05, 0) is 12.8 Å². The molecule has 1 unspecified atom stereocenters. The van der Waals surface area contributed by atoms with Gasteiger partial charge in [0.2, 0.25) is 5.91 Å². The average Bonchev–Trinajstić information content (AvgIpc) is 2.17. The van der Waals surface area contributed by atoms with E-state index in [0.717, 1.165) is 32.7 Å². The second kappa shape index (κ2) is 5.75. The summed E-state index contributed by atoms with van der Waals surface area (Å²) >= 11 is 4.18. The number of piperazine rings is 1. The third-order valence-electron chi connectivity index (χ3n) is 2.66. The van der Waals surface area contributed by atoms with Crippen LogP contribution in [0.4, 0.5) is 0 Å². The third-order valence-corrected chi connectivity index (χ3v) is 2.89. The minimum Gasteiger partial charge on any atom is -0.339 e. The first-order valence-corrected chi connectivity index (χ1v) is 6.21. The summed E-state index contributed by atoms with van der Waals surface area (Å²) < 4.78 is 0. The van der Waals surface area contributed by atoms with Crippen molar-refractivity contribution in [2.24, 2.45) is 5.92 Å². The first kappa shape index (κ1) is 12.8. The van der Waals surface area contributed by atoms with Crippen molar-refractivity contribution < 1.29 is 4.79 Å². The minimum absolute atomic E-state index is 0.165. The molecule has 1 fully saturated rings. The van der Waals surface area contributed by atoms with Crippen LogP contribution in [0.2, 0.25) is 0 Å². The second-order valence-electron chi connectivity index (χ2n) is 4.70. The van der Waals surface area contributed by atoms with Crippen LogP contribution in [0.25, 0.3) is 0 Å². The zero-order valence-corrected chi connectivity index (χ0v) is 10.8. The van der Waals surface area contributed by atoms with Crippen LogP contribution >= 0.6 is 12.6 Å². The Labute approximate surface area is 98.2 Å². The molecular weight excluding hydrogens is 208 g/mol. The highest BCUT2D eigenvalue weighted by atomic mass is 32.1. The van der Waals surface area contributed by atoms with E-state index in [1.165, 1.54) is 0 Å². The number of thiol groups is 1. The topological polar surface area (TPSA) is 23.6 Å². The molecule has 0 aromatic carbocycles. The van der Waals surface area contributed by atoms with Crippen LogP contribution in [-0.4, -0.2) is 53.7 Å². The Balaban J connectivity index is 2.32. The first-order chi connectivity index (χ1) is 7.00. The molecule has 4 heteroatoms. The van der Waals surface area contributed by atoms with Gasteiger partial charge in [0, 0.05) is 32.7 Å². The van der Waals surface area contributed by atoms with Gasteiger partial charge in [0.05, 0.1) is 5.25 Å². The Kier molecular flexibility index (Phi) is 4.93. The number of amides is 1. The molecule has 1 atom stereocenters. The summed E-state index contributed by atoms with van der Waals surface area (Å²) in [4.78, 5) is 16.0. The highest BCUT2D eigenvalue weighted by Crippen LogP contribution is 2.08. The maximum atomic E-state index is 11.7. The average molecular weight is 230 g/mol. The molecule has 1 aliphatic heterocycles. The molecule has 1 aliphatic rings. The Hall–Kier alpha value is -0.220. The third kappa shape index (κ3) is 4.03. The lowest BCUT2D eigenvalue weighted by molar-refractivity contribution is -0.132. The molecule has 3 nitrogen and oxygen atoms in total. The highest BCUT2D eigenvalue weighted by molar-refractivity contribution is 7.81. The van der Waals surface area contributed by atoms with Crippen molar-refractivity contribution in [3.63, 3.8) is 0 Å². The van der Waals surface area contributed by atoms with Gasteiger partial charge in [-0.1, -0.05) is 13.8 Å². The van der Waals surface area contributed by atoms with E-state index in [4.69, 9.17) is 0 Å². The number of carbonyl (C=O) groups is 1. The van der Waals surface area contributed by atoms with Crippen LogP contribution in [0.3, 0.4) is 0 Å². The standard InChI is InChI=1S/C11H22N2OS/c1-9(2)8-12-4-6-13(7-5-12)11(14)10(3)15/h9-10,15H,4-8H2,1-3H3. The summed E-state index contributed by atoms with van der Waals surface area (Å²) in [6.45, 7) is 11.2. The van der Waals surface area contributed by atoms with Gasteiger partial charge in [-0.3, -0.25) is 9.69 Å². The monoisotopic (exact) mass is 230 g/mol. The summed E-state index contributed by atoms with van der Waals surface area (Å²) in [5.41, 5.74) is 0. The van der Waals surface area contributed by atoms with Gasteiger partial charge in [-0.15, -0.1) is 0 Å². The lowest BCUT2D eigenvalue weighted by atomic mass is 10.2. The molecule has 0 radical (unpaired) electrons. The summed E-state index contributed by atoms with van der Waals surface area (Å²) in [6, 6.07) is 0. The SMILES string of the molecule is CC(C)CN1CCN(C(=O)C(C)S)CC1. The van der Waals surface area contributed by atoms with Crippen LogP contribution in [0, 0.1) is 5.92 Å². The number of nitrogens with zero attached hydrogens (tertiary/aromatic N) is 2. The summed E-state index contributed by atoms with van der Waals surface area (Å²) in [5.74, 6) is 0.874. The van der Waals surface area contributed by atoms with E-state index in [0.29, 0.717) is 5.92 Å². The number of carbonyl (C=O) groups excluding carboxylic acids is 1. The van der Waals surface area contributed by atoms with Crippen LogP contribution in [0.5, 0.6) is 0 Å². The molecule has 1 saturated heterocycles. The number of hydrogen-bond donors (Lipinski definition) is 1. The van der Waals surface area contributed by atoms with Crippen molar-refractivity contribution in [1.29, 1.82) is 0 Å². The van der Waals surface area contributed by atoms with Crippen LogP contribution in [0.1, 0.15) is 20.8 Å². The molecule has 15 heavy (non-hydrogen) atoms. The zero-order chi connectivity index (χ0) is 11.4. The summed E-state index contributed by atoms with van der Waals surface area (Å²) in [5, 5.41) is -0.165. The minimum atomic E-state index is -0.165. The van der Waals surface area contributed by atoms with E-state index in [9.17, 15) is 4.79 Å². The lowest BCUT2D eigenvalue weighted by Gasteiger charge is -2.36. The van der Waals surface area contributed by atoms with Gasteiger partial charge < -0.3 is 4.90 Å². The van der Waals surface area contributed by atoms with Crippen LogP contribution < -0.4 is 0 Å². The first-order valence-electron chi connectivity index (χ1n) is 5.70. The van der Waals surface area contributed by atoms with Gasteiger partial charge in [0.15, 0.2) is 0 Å². The Morgan fingerprint density at radius 3 is 2.13 bits per heavy atom. The molecule has 0 spiro atoms. The second-order valence-corrected chi connectivity index (χ2v) is 5.47. The smallest absolute Gasteiger partial charge is 0.235 e. The molecule has 1 heterocycles. The van der Waals surface area contributed by atoms with Crippen molar-refractivity contribution in [2.75, 3.05) is 32.7 Å². The fourth-order valence-corrected chi connectivity index (χ4v) is 2.09. The maximum absolute atomic E-state index is 11.7. The molecular formula is C11H22N2OS. The van der Waals surface area contributed by atoms with Gasteiger partial charge in [0.25, 0.3) is 0 Å². The van der Waals surface area contributed by atoms with Crippen LogP contribution in [0.15, 0.2) is 0 Å². The van der Waals surface area contributed by atoms with E-state index in [-0.39, 0.29) is 11.2 Å². The van der Waals surface area contributed by atoms with Gasteiger partial charge >= 0.3 is 0 Å². The predicted octanol–water partition coefficient (Wildman–Crippen LogP) is 1.10. The fraction of sp³-hybridized carbons (Fsp3) is 0.909. The largest absolute Gasteiger partial charge is 0.339 e. The molecule has 0 aromatic rings. The zero-order valence-electron chi connectivity index (χ0n) is 9.94. The molecule has 0 aliphatic carbocycles. The Morgan fingerprint density at radius 2 is 1.73 bits per heavy atom. The van der Waals surface area contributed by atoms with Crippen molar-refractivity contribution in [1.82, 2.24) is 9.80 Å². The molecule has 1 rings (SSSR count). The molecule has 0 aromatic heterocycles. The van der Waals surface area contributed by atoms with E-state index in [2.05, 4.69) is 31.4 Å². The lowest BCUT2D eigenvalue weighted by Crippen LogP contribution is -2.51. The quantitative estimate of drug-likeness (QED) is 0.734. The molecule has 0 bridgehead atoms. The Morgan fingerprint density at radius 1 is 1.20 bits per heavy atom. The maximum Gasteiger partial charge on any atom is 0.235 e. The van der Waals surface area contributed by atoms with E-state index < -0.39 is 0 Å². The highest BCUT2D eigenvalue weighted by Gasteiger charge is 2.23. The molecule has 88 valence electrons. The van der Waals surface area contributed by atoms with Gasteiger partial charge in [0.1, 0.15) is 0 Å². The van der Waals surface area contributed by atoms with E-state index in [1.807, 2.05) is 11.8 Å². The molecule has 0 N–H and O–H groups in total. The van der Waals surface area contributed by atoms with Gasteiger partial charge in [-0.2, -0.15) is 12.6 Å². The fourth-order valence-electron chi connectivity index (χ4n) is 1.93. The number of rotatable bonds is 3. The number of hydrogen-bond acceptors (Lipinski definition) is 3. The van der Waals surface area contributed by atoms with Crippen LogP contribution in [-0.2, 0) is 4.79 Å². The van der Waals surface area contributed by atoms with Crippen molar-refractivity contribution >= 4 is 18.5 Å². The van der Waals surface area contributed by atoms with Crippen molar-refractivity contribution in [3.05, 3.63) is 0 Å². The van der Waals surface area contributed by atoms with Gasteiger partial charge in [-0.25, -0.2) is 0 Å². The predicted molar refractivity (Wildman–Crippen MR) is 66.3 cm³/mol.